The van der Waals surface area contributed by atoms with E-state index in [0.29, 0.717) is 5.56 Å². The Labute approximate surface area is 122 Å². The zero-order valence-corrected chi connectivity index (χ0v) is 12.1. The summed E-state index contributed by atoms with van der Waals surface area (Å²) in [5.74, 6) is 0. The molecular formula is C15H15N3OS. The van der Waals surface area contributed by atoms with Gasteiger partial charge in [0.25, 0.3) is 0 Å². The molecule has 0 saturated carbocycles. The van der Waals surface area contributed by atoms with E-state index in [1.54, 1.807) is 11.8 Å². The fourth-order valence-corrected chi connectivity index (χ4v) is 3.32. The van der Waals surface area contributed by atoms with Crippen molar-refractivity contribution in [3.8, 4) is 0 Å². The van der Waals surface area contributed by atoms with Crippen LogP contribution in [0.25, 0.3) is 0 Å². The van der Waals surface area contributed by atoms with Crippen LogP contribution in [0.2, 0.25) is 0 Å². The molecule has 0 aromatic heterocycles. The van der Waals surface area contributed by atoms with Gasteiger partial charge in [-0.3, -0.25) is 4.79 Å². The third kappa shape index (κ3) is 2.10. The molecule has 4 nitrogen and oxygen atoms in total. The smallest absolute Gasteiger partial charge is 0.152 e. The minimum absolute atomic E-state index is 0.669. The van der Waals surface area contributed by atoms with Crippen molar-refractivity contribution < 1.29 is 4.79 Å². The maximum atomic E-state index is 11.3. The second kappa shape index (κ2) is 5.09. The lowest BCUT2D eigenvalue weighted by Gasteiger charge is -2.23. The number of carbonyl (C=O) groups is 1. The number of anilines is 4. The highest BCUT2D eigenvalue weighted by atomic mass is 32.2. The molecule has 2 aromatic rings. The van der Waals surface area contributed by atoms with Crippen LogP contribution in [-0.4, -0.2) is 20.4 Å². The highest BCUT2D eigenvalue weighted by molar-refractivity contribution is 7.99. The summed E-state index contributed by atoms with van der Waals surface area (Å²) >= 11 is 1.67. The van der Waals surface area contributed by atoms with Gasteiger partial charge in [0.2, 0.25) is 0 Å². The zero-order chi connectivity index (χ0) is 14.1. The van der Waals surface area contributed by atoms with Crippen molar-refractivity contribution in [3.05, 3.63) is 35.9 Å². The number of aldehydes is 1. The minimum Gasteiger partial charge on any atom is -0.388 e. The molecule has 0 aliphatic carbocycles. The summed E-state index contributed by atoms with van der Waals surface area (Å²) in [6.07, 6.45) is 0.889. The maximum Gasteiger partial charge on any atom is 0.152 e. The van der Waals surface area contributed by atoms with Gasteiger partial charge in [-0.25, -0.2) is 0 Å². The van der Waals surface area contributed by atoms with Crippen LogP contribution in [0.3, 0.4) is 0 Å². The Kier molecular flexibility index (Phi) is 3.28. The van der Waals surface area contributed by atoms with Gasteiger partial charge in [-0.05, 0) is 30.3 Å². The van der Waals surface area contributed by atoms with E-state index in [1.165, 1.54) is 0 Å². The Balaban J connectivity index is 2.09. The highest BCUT2D eigenvalue weighted by Crippen LogP contribution is 2.47. The van der Waals surface area contributed by atoms with Crippen LogP contribution in [0.5, 0.6) is 0 Å². The molecule has 5 heteroatoms. The normalized spacial score (nSPS) is 11.9. The largest absolute Gasteiger partial charge is 0.388 e. The monoisotopic (exact) mass is 285 g/mol. The third-order valence-corrected chi connectivity index (χ3v) is 4.40. The molecule has 0 atom stereocenters. The van der Waals surface area contributed by atoms with Crippen molar-refractivity contribution in [2.45, 2.75) is 9.79 Å². The van der Waals surface area contributed by atoms with Crippen LogP contribution in [0.1, 0.15) is 10.4 Å². The molecule has 0 amide bonds. The van der Waals surface area contributed by atoms with Crippen LogP contribution in [0.15, 0.2) is 40.1 Å². The molecule has 2 aromatic carbocycles. The summed E-state index contributed by atoms with van der Waals surface area (Å²) < 4.78 is 0. The molecule has 3 N–H and O–H groups in total. The van der Waals surface area contributed by atoms with Gasteiger partial charge in [-0.2, -0.15) is 0 Å². The van der Waals surface area contributed by atoms with Crippen molar-refractivity contribution in [1.82, 2.24) is 0 Å². The molecule has 0 fully saturated rings. The summed E-state index contributed by atoms with van der Waals surface area (Å²) in [6.45, 7) is 0. The van der Waals surface area contributed by atoms with Gasteiger partial charge in [0, 0.05) is 40.8 Å². The predicted molar refractivity (Wildman–Crippen MR) is 84.8 cm³/mol. The van der Waals surface area contributed by atoms with Crippen molar-refractivity contribution in [2.24, 2.45) is 0 Å². The van der Waals surface area contributed by atoms with Gasteiger partial charge in [0.05, 0.1) is 11.4 Å². The SMILES string of the molecule is CNc1ccc2c(c1)Sc1cc(NC)cc(C=O)c1N2. The number of rotatable bonds is 3. The van der Waals surface area contributed by atoms with Gasteiger partial charge in [-0.1, -0.05) is 11.8 Å². The number of nitrogens with one attached hydrogen (secondary N) is 3. The molecule has 0 bridgehead atoms. The van der Waals surface area contributed by atoms with E-state index in [-0.39, 0.29) is 0 Å². The Morgan fingerprint density at radius 1 is 1.05 bits per heavy atom. The average Bonchev–Trinajstić information content (AvgIpc) is 2.51. The first kappa shape index (κ1) is 12.9. The van der Waals surface area contributed by atoms with Gasteiger partial charge >= 0.3 is 0 Å². The first-order valence-electron chi connectivity index (χ1n) is 6.33. The number of benzene rings is 2. The lowest BCUT2D eigenvalue weighted by Crippen LogP contribution is -2.05. The maximum absolute atomic E-state index is 11.3. The standard InChI is InChI=1S/C15H15N3OS/c1-16-10-3-4-12-13(6-10)20-14-7-11(17-2)5-9(8-19)15(14)18-12/h3-8,16-18H,1-2H3. The van der Waals surface area contributed by atoms with E-state index in [9.17, 15) is 4.79 Å². The number of hydrogen-bond donors (Lipinski definition) is 3. The van der Waals surface area contributed by atoms with E-state index < -0.39 is 0 Å². The lowest BCUT2D eigenvalue weighted by atomic mass is 10.1. The van der Waals surface area contributed by atoms with Crippen molar-refractivity contribution in [2.75, 3.05) is 30.0 Å². The average molecular weight is 285 g/mol. The lowest BCUT2D eigenvalue weighted by molar-refractivity contribution is 0.112. The van der Waals surface area contributed by atoms with Crippen LogP contribution < -0.4 is 16.0 Å². The molecule has 0 spiro atoms. The van der Waals surface area contributed by atoms with E-state index in [4.69, 9.17) is 0 Å². The zero-order valence-electron chi connectivity index (χ0n) is 11.3. The Morgan fingerprint density at radius 2 is 1.80 bits per heavy atom. The van der Waals surface area contributed by atoms with E-state index >= 15 is 0 Å². The topological polar surface area (TPSA) is 53.2 Å². The molecule has 20 heavy (non-hydrogen) atoms. The quantitative estimate of drug-likeness (QED) is 0.639. The Bertz CT molecular complexity index is 685. The van der Waals surface area contributed by atoms with Crippen molar-refractivity contribution in [3.63, 3.8) is 0 Å². The Hall–Kier alpha value is -2.14. The minimum atomic E-state index is 0.669. The molecular weight excluding hydrogens is 270 g/mol. The predicted octanol–water partition coefficient (Wildman–Crippen LogP) is 3.79. The summed E-state index contributed by atoms with van der Waals surface area (Å²) in [4.78, 5) is 13.5. The van der Waals surface area contributed by atoms with Crippen LogP contribution >= 0.6 is 11.8 Å². The third-order valence-electron chi connectivity index (χ3n) is 3.30. The van der Waals surface area contributed by atoms with Crippen LogP contribution in [0.4, 0.5) is 22.7 Å². The van der Waals surface area contributed by atoms with E-state index in [0.717, 1.165) is 38.8 Å². The fraction of sp³-hybridized carbons (Fsp3) is 0.133. The van der Waals surface area contributed by atoms with Gasteiger partial charge < -0.3 is 16.0 Å². The van der Waals surface area contributed by atoms with Crippen LogP contribution in [-0.2, 0) is 0 Å². The van der Waals surface area contributed by atoms with E-state index in [2.05, 4.69) is 28.1 Å². The Morgan fingerprint density at radius 3 is 2.50 bits per heavy atom. The molecule has 0 saturated heterocycles. The summed E-state index contributed by atoms with van der Waals surface area (Å²) in [5, 5.41) is 9.58. The van der Waals surface area contributed by atoms with Gasteiger partial charge in [-0.15, -0.1) is 0 Å². The van der Waals surface area contributed by atoms with Crippen molar-refractivity contribution >= 4 is 40.8 Å². The first-order valence-corrected chi connectivity index (χ1v) is 7.14. The number of hydrogen-bond acceptors (Lipinski definition) is 5. The molecule has 1 aliphatic heterocycles. The summed E-state index contributed by atoms with van der Waals surface area (Å²) in [6, 6.07) is 10.0. The van der Waals surface area contributed by atoms with Crippen molar-refractivity contribution in [1.29, 1.82) is 0 Å². The summed E-state index contributed by atoms with van der Waals surface area (Å²) in [5.41, 5.74) is 4.59. The van der Waals surface area contributed by atoms with Crippen LogP contribution in [0, 0.1) is 0 Å². The number of fused-ring (bicyclic) bond motifs is 2. The second-order valence-electron chi connectivity index (χ2n) is 4.49. The molecule has 102 valence electrons. The fourth-order valence-electron chi connectivity index (χ4n) is 2.21. The molecule has 1 aliphatic rings. The van der Waals surface area contributed by atoms with Gasteiger partial charge in [0.15, 0.2) is 6.29 Å². The second-order valence-corrected chi connectivity index (χ2v) is 5.58. The van der Waals surface area contributed by atoms with E-state index in [1.807, 2.05) is 32.3 Å². The van der Waals surface area contributed by atoms with Gasteiger partial charge in [0.1, 0.15) is 0 Å². The first-order chi connectivity index (χ1) is 9.75. The number of carbonyl (C=O) groups excluding carboxylic acids is 1. The molecule has 1 heterocycles. The summed E-state index contributed by atoms with van der Waals surface area (Å²) in [7, 11) is 3.75. The molecule has 0 radical (unpaired) electrons. The molecule has 0 unspecified atom stereocenters. The molecule has 3 rings (SSSR count). The highest BCUT2D eigenvalue weighted by Gasteiger charge is 2.19.